The Morgan fingerprint density at radius 3 is 2.50 bits per heavy atom. The van der Waals surface area contributed by atoms with Gasteiger partial charge in [-0.25, -0.2) is 4.39 Å². The second kappa shape index (κ2) is 5.61. The van der Waals surface area contributed by atoms with Crippen LogP contribution in [0, 0.1) is 5.82 Å². The SMILES string of the molecule is CN(C)CCN(C)c1ccc(F)cc1C=O. The third-order valence-electron chi connectivity index (χ3n) is 2.41. The van der Waals surface area contributed by atoms with E-state index < -0.39 is 0 Å². The van der Waals surface area contributed by atoms with Crippen molar-refractivity contribution in [2.45, 2.75) is 0 Å². The third kappa shape index (κ3) is 3.31. The first-order valence-corrected chi connectivity index (χ1v) is 5.15. The Kier molecular flexibility index (Phi) is 4.43. The van der Waals surface area contributed by atoms with Gasteiger partial charge in [-0.2, -0.15) is 0 Å². The minimum absolute atomic E-state index is 0.383. The molecule has 4 heteroatoms. The molecule has 0 amide bonds. The number of nitrogens with zero attached hydrogens (tertiary/aromatic N) is 2. The number of halogens is 1. The van der Waals surface area contributed by atoms with Gasteiger partial charge in [-0.15, -0.1) is 0 Å². The maximum atomic E-state index is 12.9. The largest absolute Gasteiger partial charge is 0.373 e. The van der Waals surface area contributed by atoms with Crippen molar-refractivity contribution in [3.05, 3.63) is 29.6 Å². The van der Waals surface area contributed by atoms with Gasteiger partial charge in [0.15, 0.2) is 6.29 Å². The lowest BCUT2D eigenvalue weighted by molar-refractivity contribution is 0.112. The van der Waals surface area contributed by atoms with Gasteiger partial charge in [0.05, 0.1) is 0 Å². The highest BCUT2D eigenvalue weighted by Crippen LogP contribution is 2.18. The van der Waals surface area contributed by atoms with Crippen molar-refractivity contribution in [1.29, 1.82) is 0 Å². The molecular weight excluding hydrogens is 207 g/mol. The van der Waals surface area contributed by atoms with Crippen LogP contribution in [0.4, 0.5) is 10.1 Å². The molecule has 0 saturated carbocycles. The first-order valence-electron chi connectivity index (χ1n) is 5.15. The predicted octanol–water partition coefficient (Wildman–Crippen LogP) is 1.64. The Bertz CT molecular complexity index is 366. The fraction of sp³-hybridized carbons (Fsp3) is 0.417. The first-order chi connectivity index (χ1) is 7.54. The van der Waals surface area contributed by atoms with Gasteiger partial charge in [0.25, 0.3) is 0 Å². The Morgan fingerprint density at radius 2 is 1.94 bits per heavy atom. The third-order valence-corrected chi connectivity index (χ3v) is 2.41. The van der Waals surface area contributed by atoms with Gasteiger partial charge in [0.2, 0.25) is 0 Å². The highest BCUT2D eigenvalue weighted by Gasteiger charge is 2.08. The van der Waals surface area contributed by atoms with Gasteiger partial charge in [0, 0.05) is 31.4 Å². The lowest BCUT2D eigenvalue weighted by Gasteiger charge is -2.22. The van der Waals surface area contributed by atoms with E-state index in [9.17, 15) is 9.18 Å². The van der Waals surface area contributed by atoms with Crippen LogP contribution in [0.2, 0.25) is 0 Å². The lowest BCUT2D eigenvalue weighted by atomic mass is 10.1. The summed E-state index contributed by atoms with van der Waals surface area (Å²) in [5.74, 6) is -0.383. The number of aldehydes is 1. The number of carbonyl (C=O) groups is 1. The number of anilines is 1. The van der Waals surface area contributed by atoms with Crippen molar-refractivity contribution in [2.24, 2.45) is 0 Å². The molecule has 0 bridgehead atoms. The average Bonchev–Trinajstić information content (AvgIpc) is 2.25. The second-order valence-corrected chi connectivity index (χ2v) is 4.05. The highest BCUT2D eigenvalue weighted by molar-refractivity contribution is 5.84. The molecule has 16 heavy (non-hydrogen) atoms. The van der Waals surface area contributed by atoms with Crippen LogP contribution in [0.3, 0.4) is 0 Å². The van der Waals surface area contributed by atoms with E-state index in [1.807, 2.05) is 26.0 Å². The summed E-state index contributed by atoms with van der Waals surface area (Å²) in [6.07, 6.45) is 0.685. The standard InChI is InChI=1S/C12H17FN2O/c1-14(2)6-7-15(3)12-5-4-11(13)8-10(12)9-16/h4-5,8-9H,6-7H2,1-3H3. The lowest BCUT2D eigenvalue weighted by Crippen LogP contribution is -2.29. The molecule has 0 fully saturated rings. The van der Waals surface area contributed by atoms with Crippen molar-refractivity contribution in [1.82, 2.24) is 4.90 Å². The zero-order valence-corrected chi connectivity index (χ0v) is 9.90. The van der Waals surface area contributed by atoms with Crippen LogP contribution in [0.1, 0.15) is 10.4 Å². The first kappa shape index (κ1) is 12.6. The van der Waals surface area contributed by atoms with Crippen LogP contribution < -0.4 is 4.90 Å². The fourth-order valence-electron chi connectivity index (χ4n) is 1.44. The van der Waals surface area contributed by atoms with E-state index in [1.54, 1.807) is 6.07 Å². The maximum Gasteiger partial charge on any atom is 0.152 e. The monoisotopic (exact) mass is 224 g/mol. The van der Waals surface area contributed by atoms with Crippen LogP contribution in [-0.2, 0) is 0 Å². The van der Waals surface area contributed by atoms with Crippen molar-refractivity contribution < 1.29 is 9.18 Å². The summed E-state index contributed by atoms with van der Waals surface area (Å²) in [7, 11) is 5.86. The smallest absolute Gasteiger partial charge is 0.152 e. The Balaban J connectivity index is 2.81. The number of rotatable bonds is 5. The van der Waals surface area contributed by atoms with E-state index in [0.29, 0.717) is 11.8 Å². The van der Waals surface area contributed by atoms with E-state index in [2.05, 4.69) is 4.90 Å². The number of hydrogen-bond acceptors (Lipinski definition) is 3. The maximum absolute atomic E-state index is 12.9. The summed E-state index contributed by atoms with van der Waals surface area (Å²) in [6, 6.07) is 4.26. The van der Waals surface area contributed by atoms with E-state index in [0.717, 1.165) is 18.8 Å². The van der Waals surface area contributed by atoms with E-state index in [-0.39, 0.29) is 5.82 Å². The predicted molar refractivity (Wildman–Crippen MR) is 63.6 cm³/mol. The molecule has 0 heterocycles. The van der Waals surface area contributed by atoms with Crippen LogP contribution in [-0.4, -0.2) is 45.4 Å². The average molecular weight is 224 g/mol. The summed E-state index contributed by atoms with van der Waals surface area (Å²) in [6.45, 7) is 1.67. The molecule has 3 nitrogen and oxygen atoms in total. The van der Waals surface area contributed by atoms with Crippen molar-refractivity contribution in [3.8, 4) is 0 Å². The van der Waals surface area contributed by atoms with E-state index in [1.165, 1.54) is 12.1 Å². The summed E-state index contributed by atoms with van der Waals surface area (Å²) in [5, 5.41) is 0. The van der Waals surface area contributed by atoms with Crippen molar-refractivity contribution in [2.75, 3.05) is 39.1 Å². The Morgan fingerprint density at radius 1 is 1.25 bits per heavy atom. The molecule has 1 aromatic carbocycles. The molecule has 0 aliphatic carbocycles. The number of hydrogen-bond donors (Lipinski definition) is 0. The van der Waals surface area contributed by atoms with Gasteiger partial charge >= 0.3 is 0 Å². The topological polar surface area (TPSA) is 23.6 Å². The van der Waals surface area contributed by atoms with Crippen LogP contribution in [0.5, 0.6) is 0 Å². The molecule has 0 saturated heterocycles. The molecule has 0 unspecified atom stereocenters. The zero-order valence-electron chi connectivity index (χ0n) is 9.90. The van der Waals surface area contributed by atoms with Crippen molar-refractivity contribution >= 4 is 12.0 Å². The summed E-state index contributed by atoms with van der Waals surface area (Å²) in [5.41, 5.74) is 1.15. The molecule has 0 aliphatic rings. The Labute approximate surface area is 95.5 Å². The van der Waals surface area contributed by atoms with Gasteiger partial charge in [-0.3, -0.25) is 4.79 Å². The normalized spacial score (nSPS) is 10.6. The summed E-state index contributed by atoms with van der Waals surface area (Å²) < 4.78 is 12.9. The molecule has 0 radical (unpaired) electrons. The van der Waals surface area contributed by atoms with E-state index in [4.69, 9.17) is 0 Å². The highest BCUT2D eigenvalue weighted by atomic mass is 19.1. The minimum atomic E-state index is -0.383. The molecular formula is C12H17FN2O. The van der Waals surface area contributed by atoms with E-state index >= 15 is 0 Å². The second-order valence-electron chi connectivity index (χ2n) is 4.05. The van der Waals surface area contributed by atoms with Gasteiger partial charge in [-0.1, -0.05) is 0 Å². The fourth-order valence-corrected chi connectivity index (χ4v) is 1.44. The quantitative estimate of drug-likeness (QED) is 0.710. The van der Waals surface area contributed by atoms with Crippen molar-refractivity contribution in [3.63, 3.8) is 0 Å². The molecule has 0 aromatic heterocycles. The number of carbonyl (C=O) groups excluding carboxylic acids is 1. The van der Waals surface area contributed by atoms with Crippen LogP contribution >= 0.6 is 0 Å². The molecule has 0 aliphatic heterocycles. The van der Waals surface area contributed by atoms with Gasteiger partial charge in [0.1, 0.15) is 5.82 Å². The molecule has 0 atom stereocenters. The zero-order chi connectivity index (χ0) is 12.1. The minimum Gasteiger partial charge on any atom is -0.373 e. The van der Waals surface area contributed by atoms with Crippen LogP contribution in [0.15, 0.2) is 18.2 Å². The summed E-state index contributed by atoms with van der Waals surface area (Å²) >= 11 is 0. The summed E-state index contributed by atoms with van der Waals surface area (Å²) in [4.78, 5) is 14.8. The molecule has 1 aromatic rings. The molecule has 0 N–H and O–H groups in total. The molecule has 1 rings (SSSR count). The Hall–Kier alpha value is -1.42. The van der Waals surface area contributed by atoms with Gasteiger partial charge in [-0.05, 0) is 32.3 Å². The number of benzene rings is 1. The number of likely N-dealkylation sites (N-methyl/N-ethyl adjacent to an activating group) is 2. The molecule has 0 spiro atoms. The van der Waals surface area contributed by atoms with Crippen LogP contribution in [0.25, 0.3) is 0 Å². The van der Waals surface area contributed by atoms with Gasteiger partial charge < -0.3 is 9.80 Å². The molecule has 88 valence electrons.